The van der Waals surface area contributed by atoms with Crippen molar-refractivity contribution in [2.45, 2.75) is 78.1 Å². The zero-order valence-corrected chi connectivity index (χ0v) is 14.2. The van der Waals surface area contributed by atoms with E-state index in [1.54, 1.807) is 0 Å². The minimum atomic E-state index is -0.129. The largest absolute Gasteiger partial charge is 0.356 e. The Morgan fingerprint density at radius 1 is 1.18 bits per heavy atom. The molecule has 2 unspecified atom stereocenters. The maximum Gasteiger partial charge on any atom is 0.220 e. The number of ketones is 2. The number of carbonyl (C=O) groups is 3. The van der Waals surface area contributed by atoms with Gasteiger partial charge in [0.15, 0.2) is 0 Å². The molecule has 1 saturated heterocycles. The molecule has 0 aromatic carbocycles. The molecule has 1 N–H and O–H groups in total. The van der Waals surface area contributed by atoms with E-state index in [-0.39, 0.29) is 29.3 Å². The lowest BCUT2D eigenvalue weighted by molar-refractivity contribution is -0.130. The molecule has 4 heteroatoms. The summed E-state index contributed by atoms with van der Waals surface area (Å²) in [6.45, 7) is 4.68. The van der Waals surface area contributed by atoms with Gasteiger partial charge in [-0.15, -0.1) is 0 Å². The summed E-state index contributed by atoms with van der Waals surface area (Å²) < 4.78 is 0. The summed E-state index contributed by atoms with van der Waals surface area (Å²) in [6.07, 6.45) is 7.64. The van der Waals surface area contributed by atoms with Crippen molar-refractivity contribution in [3.05, 3.63) is 0 Å². The third-order valence-electron chi connectivity index (χ3n) is 4.59. The molecule has 126 valence electrons. The lowest BCUT2D eigenvalue weighted by atomic mass is 9.85. The average Bonchev–Trinajstić information content (AvgIpc) is 2.49. The Morgan fingerprint density at radius 2 is 1.95 bits per heavy atom. The lowest BCUT2D eigenvalue weighted by Gasteiger charge is -2.19. The van der Waals surface area contributed by atoms with Gasteiger partial charge in [-0.2, -0.15) is 0 Å². The highest BCUT2D eigenvalue weighted by atomic mass is 16.2. The van der Waals surface area contributed by atoms with Crippen molar-refractivity contribution >= 4 is 17.5 Å². The van der Waals surface area contributed by atoms with Crippen molar-refractivity contribution in [3.63, 3.8) is 0 Å². The van der Waals surface area contributed by atoms with Crippen LogP contribution in [0.25, 0.3) is 0 Å². The SMILES string of the molecule is CCCCCC(=O)C1CCCCNC(=O)CCC(C)C(=O)C1. The number of nitrogens with one attached hydrogen (secondary N) is 1. The molecule has 1 rings (SSSR count). The molecule has 22 heavy (non-hydrogen) atoms. The number of carbonyl (C=O) groups excluding carboxylic acids is 3. The van der Waals surface area contributed by atoms with Crippen LogP contribution in [0.15, 0.2) is 0 Å². The summed E-state index contributed by atoms with van der Waals surface area (Å²) in [5.74, 6) is 0.197. The molecular weight excluding hydrogens is 278 g/mol. The van der Waals surface area contributed by atoms with E-state index in [0.29, 0.717) is 32.2 Å². The maximum absolute atomic E-state index is 12.4. The fraction of sp³-hybridized carbons (Fsp3) is 0.833. The lowest BCUT2D eigenvalue weighted by Crippen LogP contribution is -2.28. The monoisotopic (exact) mass is 309 g/mol. The fourth-order valence-electron chi connectivity index (χ4n) is 2.91. The third-order valence-corrected chi connectivity index (χ3v) is 4.59. The Balaban J connectivity index is 2.60. The molecule has 1 aliphatic heterocycles. The van der Waals surface area contributed by atoms with Gasteiger partial charge < -0.3 is 5.32 Å². The predicted molar refractivity (Wildman–Crippen MR) is 87.5 cm³/mol. The Bertz CT molecular complexity index is 379. The highest BCUT2D eigenvalue weighted by Crippen LogP contribution is 2.22. The van der Waals surface area contributed by atoms with Gasteiger partial charge in [0.1, 0.15) is 11.6 Å². The summed E-state index contributed by atoms with van der Waals surface area (Å²) in [7, 11) is 0. The Hall–Kier alpha value is -1.19. The third kappa shape index (κ3) is 7.19. The molecule has 1 heterocycles. The first-order valence-electron chi connectivity index (χ1n) is 8.86. The van der Waals surface area contributed by atoms with Crippen molar-refractivity contribution in [2.75, 3.05) is 6.54 Å². The first kappa shape index (κ1) is 18.9. The quantitative estimate of drug-likeness (QED) is 0.791. The van der Waals surface area contributed by atoms with Gasteiger partial charge in [0, 0.05) is 37.6 Å². The second-order valence-electron chi connectivity index (χ2n) is 6.58. The molecule has 0 aliphatic carbocycles. The van der Waals surface area contributed by atoms with E-state index in [1.165, 1.54) is 0 Å². The van der Waals surface area contributed by atoms with E-state index in [9.17, 15) is 14.4 Å². The van der Waals surface area contributed by atoms with Gasteiger partial charge >= 0.3 is 0 Å². The number of hydrogen-bond acceptors (Lipinski definition) is 3. The van der Waals surface area contributed by atoms with Crippen molar-refractivity contribution in [1.29, 1.82) is 0 Å². The van der Waals surface area contributed by atoms with Crippen LogP contribution < -0.4 is 5.32 Å². The molecular formula is C18H31NO3. The second-order valence-corrected chi connectivity index (χ2v) is 6.58. The van der Waals surface area contributed by atoms with Gasteiger partial charge in [0.25, 0.3) is 0 Å². The van der Waals surface area contributed by atoms with Crippen LogP contribution in [0, 0.1) is 11.8 Å². The molecule has 0 saturated carbocycles. The second kappa shape index (κ2) is 10.5. The van der Waals surface area contributed by atoms with Crippen LogP contribution in [0.2, 0.25) is 0 Å². The predicted octanol–water partition coefficient (Wildman–Crippen LogP) is 3.43. The van der Waals surface area contributed by atoms with Gasteiger partial charge in [-0.1, -0.05) is 33.1 Å². The summed E-state index contributed by atoms with van der Waals surface area (Å²) in [4.78, 5) is 36.3. The van der Waals surface area contributed by atoms with Crippen LogP contribution >= 0.6 is 0 Å². The molecule has 1 fully saturated rings. The number of rotatable bonds is 5. The van der Waals surface area contributed by atoms with Crippen molar-refractivity contribution in [2.24, 2.45) is 11.8 Å². The Morgan fingerprint density at radius 3 is 2.68 bits per heavy atom. The summed E-state index contributed by atoms with van der Waals surface area (Å²) >= 11 is 0. The Kier molecular flexibility index (Phi) is 9.02. The number of unbranched alkanes of at least 4 members (excludes halogenated alkanes) is 2. The van der Waals surface area contributed by atoms with Crippen molar-refractivity contribution < 1.29 is 14.4 Å². The highest BCUT2D eigenvalue weighted by Gasteiger charge is 2.24. The van der Waals surface area contributed by atoms with Crippen LogP contribution in [0.4, 0.5) is 0 Å². The van der Waals surface area contributed by atoms with E-state index in [4.69, 9.17) is 0 Å². The van der Waals surface area contributed by atoms with Crippen LogP contribution in [0.1, 0.15) is 78.1 Å². The Labute approximate surface area is 134 Å². The van der Waals surface area contributed by atoms with E-state index in [1.807, 2.05) is 6.92 Å². The summed E-state index contributed by atoms with van der Waals surface area (Å²) in [6, 6.07) is 0. The van der Waals surface area contributed by atoms with Gasteiger partial charge in [0.2, 0.25) is 5.91 Å². The van der Waals surface area contributed by atoms with Gasteiger partial charge in [-0.25, -0.2) is 0 Å². The zero-order valence-electron chi connectivity index (χ0n) is 14.2. The minimum Gasteiger partial charge on any atom is -0.356 e. The van der Waals surface area contributed by atoms with E-state index < -0.39 is 0 Å². The standard InChI is InChI=1S/C18H31NO3/c1-3-4-5-9-16(20)15-8-6-7-12-19-18(22)11-10-14(2)17(21)13-15/h14-15H,3-13H2,1-2H3,(H,19,22). The molecule has 0 aromatic rings. The first-order chi connectivity index (χ1) is 10.5. The normalized spacial score (nSPS) is 25.0. The van der Waals surface area contributed by atoms with Gasteiger partial charge in [-0.3, -0.25) is 14.4 Å². The smallest absolute Gasteiger partial charge is 0.220 e. The number of amides is 1. The van der Waals surface area contributed by atoms with Crippen molar-refractivity contribution in [1.82, 2.24) is 5.32 Å². The molecule has 0 radical (unpaired) electrons. The molecule has 0 spiro atoms. The number of Topliss-reactive ketones (excluding diaryl/α,β-unsaturated/α-hetero) is 2. The summed E-state index contributed by atoms with van der Waals surface area (Å²) in [5, 5.41) is 2.89. The molecule has 4 nitrogen and oxygen atoms in total. The van der Waals surface area contributed by atoms with Crippen LogP contribution in [-0.2, 0) is 14.4 Å². The topological polar surface area (TPSA) is 63.2 Å². The molecule has 0 bridgehead atoms. The van der Waals surface area contributed by atoms with Gasteiger partial charge in [0.05, 0.1) is 0 Å². The van der Waals surface area contributed by atoms with Crippen LogP contribution in [0.3, 0.4) is 0 Å². The highest BCUT2D eigenvalue weighted by molar-refractivity contribution is 5.89. The first-order valence-corrected chi connectivity index (χ1v) is 8.86. The maximum atomic E-state index is 12.4. The number of hydrogen-bond donors (Lipinski definition) is 1. The fourth-order valence-corrected chi connectivity index (χ4v) is 2.91. The van der Waals surface area contributed by atoms with Crippen LogP contribution in [-0.4, -0.2) is 24.0 Å². The van der Waals surface area contributed by atoms with E-state index in [0.717, 1.165) is 38.5 Å². The molecule has 1 aliphatic rings. The van der Waals surface area contributed by atoms with E-state index in [2.05, 4.69) is 12.2 Å². The van der Waals surface area contributed by atoms with Crippen LogP contribution in [0.5, 0.6) is 0 Å². The molecule has 2 atom stereocenters. The van der Waals surface area contributed by atoms with Crippen molar-refractivity contribution in [3.8, 4) is 0 Å². The molecule has 1 amide bonds. The zero-order chi connectivity index (χ0) is 16.4. The van der Waals surface area contributed by atoms with E-state index >= 15 is 0 Å². The molecule has 0 aromatic heterocycles. The minimum absolute atomic E-state index is 0.0346. The summed E-state index contributed by atoms with van der Waals surface area (Å²) in [5.41, 5.74) is 0. The average molecular weight is 309 g/mol. The van der Waals surface area contributed by atoms with Gasteiger partial charge in [-0.05, 0) is 25.7 Å².